The molecule has 106 valence electrons. The number of aromatic nitrogens is 2. The summed E-state index contributed by atoms with van der Waals surface area (Å²) in [5, 5.41) is 14.2. The first-order valence-electron chi connectivity index (χ1n) is 6.17. The molecule has 0 aliphatic rings. The highest BCUT2D eigenvalue weighted by Gasteiger charge is 2.24. The van der Waals surface area contributed by atoms with Crippen molar-refractivity contribution in [1.29, 1.82) is 0 Å². The van der Waals surface area contributed by atoms with Crippen molar-refractivity contribution in [3.63, 3.8) is 0 Å². The molecule has 0 aliphatic carbocycles. The van der Waals surface area contributed by atoms with Gasteiger partial charge in [0.25, 0.3) is 0 Å². The van der Waals surface area contributed by atoms with E-state index >= 15 is 0 Å². The largest absolute Gasteiger partial charge is 0.478 e. The zero-order valence-electron chi connectivity index (χ0n) is 11.1. The fourth-order valence-corrected chi connectivity index (χ4v) is 2.50. The maximum absolute atomic E-state index is 11.4. The van der Waals surface area contributed by atoms with Crippen LogP contribution in [0, 0.1) is 5.92 Å². The van der Waals surface area contributed by atoms with Crippen LogP contribution in [0.15, 0.2) is 24.3 Å². The van der Waals surface area contributed by atoms with E-state index in [0.717, 1.165) is 0 Å². The Bertz CT molecular complexity index is 651. The van der Waals surface area contributed by atoms with Gasteiger partial charge in [0.05, 0.1) is 16.4 Å². The minimum Gasteiger partial charge on any atom is -0.478 e. The molecule has 2 rings (SSSR count). The molecule has 1 aromatic heterocycles. The molecule has 0 unspecified atom stereocenters. The summed E-state index contributed by atoms with van der Waals surface area (Å²) in [6, 6.07) is 7.03. The highest BCUT2D eigenvalue weighted by Crippen LogP contribution is 2.28. The number of halogens is 2. The molecule has 0 spiro atoms. The summed E-state index contributed by atoms with van der Waals surface area (Å²) in [7, 11) is 0. The van der Waals surface area contributed by atoms with E-state index in [2.05, 4.69) is 5.10 Å². The van der Waals surface area contributed by atoms with E-state index in [4.69, 9.17) is 23.2 Å². The molecular weight excluding hydrogens is 299 g/mol. The van der Waals surface area contributed by atoms with Gasteiger partial charge in [-0.25, -0.2) is 9.48 Å². The second-order valence-corrected chi connectivity index (χ2v) is 5.64. The third-order valence-electron chi connectivity index (χ3n) is 2.80. The van der Waals surface area contributed by atoms with Gasteiger partial charge in [0.15, 0.2) is 0 Å². The Morgan fingerprint density at radius 3 is 2.55 bits per heavy atom. The van der Waals surface area contributed by atoms with Crippen molar-refractivity contribution in [3.05, 3.63) is 45.7 Å². The Morgan fingerprint density at radius 2 is 2.00 bits per heavy atom. The molecule has 2 aromatic rings. The molecule has 0 bridgehead atoms. The lowest BCUT2D eigenvalue weighted by molar-refractivity contribution is 0.0695. The quantitative estimate of drug-likeness (QED) is 0.925. The van der Waals surface area contributed by atoms with Crippen LogP contribution < -0.4 is 0 Å². The van der Waals surface area contributed by atoms with Gasteiger partial charge in [-0.15, -0.1) is 0 Å². The fourth-order valence-electron chi connectivity index (χ4n) is 1.96. The number of benzene rings is 1. The van der Waals surface area contributed by atoms with Gasteiger partial charge < -0.3 is 5.11 Å². The summed E-state index contributed by atoms with van der Waals surface area (Å²) in [6.45, 7) is 3.99. The maximum atomic E-state index is 11.4. The van der Waals surface area contributed by atoms with E-state index in [1.165, 1.54) is 4.68 Å². The number of rotatable bonds is 4. The van der Waals surface area contributed by atoms with Gasteiger partial charge >= 0.3 is 5.97 Å². The van der Waals surface area contributed by atoms with Gasteiger partial charge in [-0.1, -0.05) is 49.2 Å². The fraction of sp³-hybridized carbons (Fsp3) is 0.286. The molecule has 1 aromatic carbocycles. The lowest BCUT2D eigenvalue weighted by atomic mass is 10.1. The Kier molecular flexibility index (Phi) is 4.35. The summed E-state index contributed by atoms with van der Waals surface area (Å²) >= 11 is 12.3. The van der Waals surface area contributed by atoms with E-state index in [0.29, 0.717) is 22.8 Å². The first kappa shape index (κ1) is 14.9. The number of nitrogens with zero attached hydrogens (tertiary/aromatic N) is 2. The predicted octanol–water partition coefficient (Wildman–Crippen LogP) is 4.08. The molecule has 4 nitrogen and oxygen atoms in total. The van der Waals surface area contributed by atoms with Crippen LogP contribution in [0.1, 0.15) is 29.9 Å². The van der Waals surface area contributed by atoms with Gasteiger partial charge in [0.2, 0.25) is 0 Å². The van der Waals surface area contributed by atoms with Crippen LogP contribution in [0.5, 0.6) is 0 Å². The third kappa shape index (κ3) is 2.81. The van der Waals surface area contributed by atoms with Gasteiger partial charge in [0, 0.05) is 0 Å². The molecule has 0 fully saturated rings. The zero-order valence-corrected chi connectivity index (χ0v) is 12.6. The molecule has 0 atom stereocenters. The molecule has 6 heteroatoms. The van der Waals surface area contributed by atoms with Gasteiger partial charge in [-0.2, -0.15) is 5.10 Å². The van der Waals surface area contributed by atoms with Gasteiger partial charge in [-0.3, -0.25) is 0 Å². The zero-order chi connectivity index (χ0) is 14.9. The van der Waals surface area contributed by atoms with Crippen molar-refractivity contribution in [3.8, 4) is 5.69 Å². The second kappa shape index (κ2) is 5.85. The third-order valence-corrected chi connectivity index (χ3v) is 3.47. The normalized spacial score (nSPS) is 11.1. The van der Waals surface area contributed by atoms with Crippen LogP contribution in [-0.4, -0.2) is 20.9 Å². The number of carbonyl (C=O) groups is 1. The van der Waals surface area contributed by atoms with Crippen molar-refractivity contribution in [2.75, 3.05) is 0 Å². The number of hydrogen-bond acceptors (Lipinski definition) is 2. The number of aromatic carboxylic acids is 1. The topological polar surface area (TPSA) is 55.1 Å². The Balaban J connectivity index is 2.61. The molecule has 0 saturated heterocycles. The van der Waals surface area contributed by atoms with Crippen LogP contribution >= 0.6 is 23.2 Å². The van der Waals surface area contributed by atoms with Crippen molar-refractivity contribution >= 4 is 29.2 Å². The number of hydrogen-bond donors (Lipinski definition) is 1. The SMILES string of the molecule is CC(C)Cc1nn(-c2ccccc2Cl)c(Cl)c1C(=O)O. The summed E-state index contributed by atoms with van der Waals surface area (Å²) in [5.41, 5.74) is 1.08. The molecular formula is C14H14Cl2N2O2. The number of para-hydroxylation sites is 1. The molecule has 0 saturated carbocycles. The van der Waals surface area contributed by atoms with Crippen LogP contribution in [0.25, 0.3) is 5.69 Å². The summed E-state index contributed by atoms with van der Waals surface area (Å²) in [4.78, 5) is 11.4. The van der Waals surface area contributed by atoms with Crippen LogP contribution in [-0.2, 0) is 6.42 Å². The van der Waals surface area contributed by atoms with Crippen molar-refractivity contribution in [2.45, 2.75) is 20.3 Å². The Hall–Kier alpha value is -1.52. The van der Waals surface area contributed by atoms with Crippen molar-refractivity contribution in [1.82, 2.24) is 9.78 Å². The lowest BCUT2D eigenvalue weighted by Crippen LogP contribution is -2.03. The standard InChI is InChI=1S/C14H14Cl2N2O2/c1-8(2)7-10-12(14(19)20)13(16)18(17-10)11-6-4-3-5-9(11)15/h3-6,8H,7H2,1-2H3,(H,19,20). The first-order valence-corrected chi connectivity index (χ1v) is 6.93. The molecule has 0 radical (unpaired) electrons. The highest BCUT2D eigenvalue weighted by atomic mass is 35.5. The molecule has 0 aliphatic heterocycles. The number of carboxylic acid groups (broad SMARTS) is 1. The molecule has 20 heavy (non-hydrogen) atoms. The molecule has 0 amide bonds. The van der Waals surface area contributed by atoms with E-state index < -0.39 is 5.97 Å². The average Bonchev–Trinajstić information content (AvgIpc) is 2.66. The van der Waals surface area contributed by atoms with E-state index in [1.807, 2.05) is 13.8 Å². The summed E-state index contributed by atoms with van der Waals surface area (Å²) in [5.74, 6) is -0.803. The minimum atomic E-state index is -1.08. The van der Waals surface area contributed by atoms with E-state index in [9.17, 15) is 9.90 Å². The van der Waals surface area contributed by atoms with Crippen molar-refractivity contribution in [2.24, 2.45) is 5.92 Å². The predicted molar refractivity (Wildman–Crippen MR) is 79.1 cm³/mol. The average molecular weight is 313 g/mol. The van der Waals surface area contributed by atoms with E-state index in [-0.39, 0.29) is 16.6 Å². The Morgan fingerprint density at radius 1 is 1.35 bits per heavy atom. The van der Waals surface area contributed by atoms with Crippen LogP contribution in [0.4, 0.5) is 0 Å². The second-order valence-electron chi connectivity index (χ2n) is 4.88. The lowest BCUT2D eigenvalue weighted by Gasteiger charge is -2.05. The highest BCUT2D eigenvalue weighted by molar-refractivity contribution is 6.34. The summed E-state index contributed by atoms with van der Waals surface area (Å²) < 4.78 is 1.38. The Labute approximate surface area is 126 Å². The van der Waals surface area contributed by atoms with E-state index in [1.54, 1.807) is 24.3 Å². The smallest absolute Gasteiger partial charge is 0.340 e. The minimum absolute atomic E-state index is 0.0419. The van der Waals surface area contributed by atoms with Crippen LogP contribution in [0.2, 0.25) is 10.2 Å². The summed E-state index contributed by atoms with van der Waals surface area (Å²) in [6.07, 6.45) is 0.540. The molecule has 1 N–H and O–H groups in total. The van der Waals surface area contributed by atoms with Gasteiger partial charge in [-0.05, 0) is 24.5 Å². The van der Waals surface area contributed by atoms with Gasteiger partial charge in [0.1, 0.15) is 10.7 Å². The molecule has 1 heterocycles. The maximum Gasteiger partial charge on any atom is 0.340 e. The number of carboxylic acids is 1. The van der Waals surface area contributed by atoms with Crippen molar-refractivity contribution < 1.29 is 9.90 Å². The van der Waals surface area contributed by atoms with Crippen LogP contribution in [0.3, 0.4) is 0 Å². The monoisotopic (exact) mass is 312 g/mol. The first-order chi connectivity index (χ1) is 9.41.